The molecule has 0 N–H and O–H groups in total. The zero-order valence-corrected chi connectivity index (χ0v) is 9.74. The number of alkyl halides is 1. The second-order valence-corrected chi connectivity index (χ2v) is 4.13. The van der Waals surface area contributed by atoms with E-state index in [2.05, 4.69) is 15.9 Å². The van der Waals surface area contributed by atoms with Gasteiger partial charge in [0.25, 0.3) is 0 Å². The van der Waals surface area contributed by atoms with Gasteiger partial charge in [-0.1, -0.05) is 15.9 Å². The Morgan fingerprint density at radius 1 is 1.50 bits per heavy atom. The third-order valence-corrected chi connectivity index (χ3v) is 2.53. The van der Waals surface area contributed by atoms with Gasteiger partial charge in [-0.25, -0.2) is 4.39 Å². The van der Waals surface area contributed by atoms with E-state index in [-0.39, 0.29) is 11.3 Å². The lowest BCUT2D eigenvalue weighted by molar-refractivity contribution is 0.0978. The van der Waals surface area contributed by atoms with Crippen LogP contribution in [-0.4, -0.2) is 11.7 Å². The van der Waals surface area contributed by atoms with E-state index in [1.807, 2.05) is 0 Å². The van der Waals surface area contributed by atoms with E-state index in [4.69, 9.17) is 11.6 Å². The smallest absolute Gasteiger partial charge is 0.165 e. The zero-order chi connectivity index (χ0) is 10.6. The first-order valence-corrected chi connectivity index (χ1v) is 5.52. The van der Waals surface area contributed by atoms with Gasteiger partial charge >= 0.3 is 0 Å². The van der Waals surface area contributed by atoms with E-state index in [0.29, 0.717) is 23.2 Å². The third kappa shape index (κ3) is 3.07. The molecular weight excluding hydrogens is 270 g/mol. The topological polar surface area (TPSA) is 17.1 Å². The Hall–Kier alpha value is -0.410. The molecule has 0 bridgehead atoms. The summed E-state index contributed by atoms with van der Waals surface area (Å²) < 4.78 is 13.9. The molecule has 0 aliphatic heterocycles. The summed E-state index contributed by atoms with van der Waals surface area (Å²) in [4.78, 5) is 11.4. The molecule has 76 valence electrons. The van der Waals surface area contributed by atoms with Crippen LogP contribution in [0.15, 0.2) is 22.7 Å². The summed E-state index contributed by atoms with van der Waals surface area (Å²) in [5, 5.41) is 0. The first kappa shape index (κ1) is 11.7. The van der Waals surface area contributed by atoms with Crippen LogP contribution in [-0.2, 0) is 0 Å². The van der Waals surface area contributed by atoms with Gasteiger partial charge in [-0.15, -0.1) is 11.6 Å². The molecule has 1 aromatic rings. The summed E-state index contributed by atoms with van der Waals surface area (Å²) in [6, 6.07) is 4.42. The van der Waals surface area contributed by atoms with Crippen LogP contribution < -0.4 is 0 Å². The molecule has 1 aromatic carbocycles. The summed E-state index contributed by atoms with van der Waals surface area (Å²) in [6.07, 6.45) is 0.873. The molecule has 0 fully saturated rings. The summed E-state index contributed by atoms with van der Waals surface area (Å²) in [6.45, 7) is 0. The van der Waals surface area contributed by atoms with Crippen molar-refractivity contribution in [3.05, 3.63) is 34.1 Å². The Balaban J connectivity index is 2.80. The molecule has 1 nitrogen and oxygen atoms in total. The van der Waals surface area contributed by atoms with Crippen molar-refractivity contribution in [2.24, 2.45) is 0 Å². The van der Waals surface area contributed by atoms with Crippen LogP contribution in [0.5, 0.6) is 0 Å². The first-order chi connectivity index (χ1) is 6.65. The minimum atomic E-state index is -0.487. The normalized spacial score (nSPS) is 10.2. The molecular formula is C10H9BrClFO. The second kappa shape index (κ2) is 5.47. The van der Waals surface area contributed by atoms with Gasteiger partial charge in [0.05, 0.1) is 5.56 Å². The molecule has 4 heteroatoms. The van der Waals surface area contributed by atoms with Crippen LogP contribution in [0.2, 0.25) is 0 Å². The highest BCUT2D eigenvalue weighted by atomic mass is 79.9. The van der Waals surface area contributed by atoms with Crippen molar-refractivity contribution in [3.8, 4) is 0 Å². The summed E-state index contributed by atoms with van der Waals surface area (Å²) in [5.41, 5.74) is 0.137. The SMILES string of the molecule is O=C(CCCCl)c1ccc(Br)cc1F. The fourth-order valence-electron chi connectivity index (χ4n) is 1.08. The average molecular weight is 280 g/mol. The van der Waals surface area contributed by atoms with Crippen molar-refractivity contribution in [2.45, 2.75) is 12.8 Å². The minimum Gasteiger partial charge on any atom is -0.294 e. The van der Waals surface area contributed by atoms with Crippen molar-refractivity contribution in [3.63, 3.8) is 0 Å². The van der Waals surface area contributed by atoms with Gasteiger partial charge in [0.1, 0.15) is 5.82 Å². The molecule has 0 aliphatic carbocycles. The van der Waals surface area contributed by atoms with Crippen molar-refractivity contribution < 1.29 is 9.18 Å². The Morgan fingerprint density at radius 2 is 2.21 bits per heavy atom. The van der Waals surface area contributed by atoms with E-state index in [9.17, 15) is 9.18 Å². The number of halogens is 3. The fraction of sp³-hybridized carbons (Fsp3) is 0.300. The van der Waals surface area contributed by atoms with Gasteiger partial charge in [-0.2, -0.15) is 0 Å². The summed E-state index contributed by atoms with van der Waals surface area (Å²) >= 11 is 8.57. The van der Waals surface area contributed by atoms with E-state index in [1.165, 1.54) is 12.1 Å². The quantitative estimate of drug-likeness (QED) is 0.605. The van der Waals surface area contributed by atoms with E-state index < -0.39 is 5.82 Å². The van der Waals surface area contributed by atoms with Gasteiger partial charge in [0.2, 0.25) is 0 Å². The van der Waals surface area contributed by atoms with Gasteiger partial charge in [0, 0.05) is 16.8 Å². The maximum atomic E-state index is 13.2. The third-order valence-electron chi connectivity index (χ3n) is 1.77. The van der Waals surface area contributed by atoms with Gasteiger partial charge in [-0.3, -0.25) is 4.79 Å². The highest BCUT2D eigenvalue weighted by Crippen LogP contribution is 2.17. The lowest BCUT2D eigenvalue weighted by atomic mass is 10.1. The molecule has 14 heavy (non-hydrogen) atoms. The number of benzene rings is 1. The Kier molecular flexibility index (Phi) is 4.55. The average Bonchev–Trinajstić information content (AvgIpc) is 2.14. The van der Waals surface area contributed by atoms with Gasteiger partial charge in [0.15, 0.2) is 5.78 Å². The maximum absolute atomic E-state index is 13.2. The van der Waals surface area contributed by atoms with Crippen LogP contribution >= 0.6 is 27.5 Å². The van der Waals surface area contributed by atoms with E-state index in [0.717, 1.165) is 0 Å². The van der Waals surface area contributed by atoms with Crippen LogP contribution in [0.3, 0.4) is 0 Å². The molecule has 0 unspecified atom stereocenters. The molecule has 0 aromatic heterocycles. The zero-order valence-electron chi connectivity index (χ0n) is 7.40. The van der Waals surface area contributed by atoms with Crippen LogP contribution in [0.4, 0.5) is 4.39 Å². The van der Waals surface area contributed by atoms with Crippen molar-refractivity contribution >= 4 is 33.3 Å². The number of hydrogen-bond donors (Lipinski definition) is 0. The predicted octanol–water partition coefficient (Wildman–Crippen LogP) is 3.79. The standard InChI is InChI=1S/C10H9BrClFO/c11-7-3-4-8(9(13)6-7)10(14)2-1-5-12/h3-4,6H,1-2,5H2. The molecule has 0 spiro atoms. The molecule has 0 radical (unpaired) electrons. The fourth-order valence-corrected chi connectivity index (χ4v) is 1.54. The highest BCUT2D eigenvalue weighted by Gasteiger charge is 2.10. The Labute approximate surface area is 95.4 Å². The van der Waals surface area contributed by atoms with Crippen LogP contribution in [0.1, 0.15) is 23.2 Å². The lowest BCUT2D eigenvalue weighted by Crippen LogP contribution is -2.02. The molecule has 0 atom stereocenters. The summed E-state index contributed by atoms with van der Waals surface area (Å²) in [5.74, 6) is -0.265. The Bertz CT molecular complexity index is 341. The number of Topliss-reactive ketones (excluding diaryl/α,β-unsaturated/α-hetero) is 1. The lowest BCUT2D eigenvalue weighted by Gasteiger charge is -2.01. The first-order valence-electron chi connectivity index (χ1n) is 4.19. The predicted molar refractivity (Wildman–Crippen MR) is 58.4 cm³/mol. The van der Waals surface area contributed by atoms with Crippen molar-refractivity contribution in [1.82, 2.24) is 0 Å². The number of carbonyl (C=O) groups is 1. The minimum absolute atomic E-state index is 0.137. The molecule has 0 aliphatic rings. The van der Waals surface area contributed by atoms with Crippen molar-refractivity contribution in [2.75, 3.05) is 5.88 Å². The number of hydrogen-bond acceptors (Lipinski definition) is 1. The van der Waals surface area contributed by atoms with Crippen LogP contribution in [0.25, 0.3) is 0 Å². The molecule has 0 heterocycles. The van der Waals surface area contributed by atoms with Gasteiger partial charge in [-0.05, 0) is 24.6 Å². The monoisotopic (exact) mass is 278 g/mol. The molecule has 0 amide bonds. The highest BCUT2D eigenvalue weighted by molar-refractivity contribution is 9.10. The molecule has 0 saturated carbocycles. The largest absolute Gasteiger partial charge is 0.294 e. The van der Waals surface area contributed by atoms with Gasteiger partial charge < -0.3 is 0 Å². The number of ketones is 1. The molecule has 0 saturated heterocycles. The maximum Gasteiger partial charge on any atom is 0.165 e. The van der Waals surface area contributed by atoms with E-state index >= 15 is 0 Å². The number of rotatable bonds is 4. The van der Waals surface area contributed by atoms with Crippen LogP contribution in [0, 0.1) is 5.82 Å². The number of carbonyl (C=O) groups excluding carboxylic acids is 1. The summed E-state index contributed by atoms with van der Waals surface area (Å²) in [7, 11) is 0. The second-order valence-electron chi connectivity index (χ2n) is 2.84. The Morgan fingerprint density at radius 3 is 2.79 bits per heavy atom. The molecule has 1 rings (SSSR count). The van der Waals surface area contributed by atoms with E-state index in [1.54, 1.807) is 6.07 Å². The van der Waals surface area contributed by atoms with Crippen molar-refractivity contribution in [1.29, 1.82) is 0 Å².